The molecule has 4 rings (SSSR count). The molecule has 30 heavy (non-hydrogen) atoms. The van der Waals surface area contributed by atoms with E-state index in [0.29, 0.717) is 25.2 Å². The summed E-state index contributed by atoms with van der Waals surface area (Å²) in [6.07, 6.45) is 0.989. The average molecular weight is 423 g/mol. The maximum Gasteiger partial charge on any atom is 0.286 e. The number of nitrogens with one attached hydrogen (secondary N) is 1. The van der Waals surface area contributed by atoms with Crippen LogP contribution in [0.1, 0.15) is 35.1 Å². The predicted octanol–water partition coefficient (Wildman–Crippen LogP) is 4.21. The highest BCUT2D eigenvalue weighted by Crippen LogP contribution is 2.26. The fourth-order valence-corrected chi connectivity index (χ4v) is 4.28. The molecule has 7 heteroatoms. The molecular weight excluding hydrogens is 400 g/mol. The van der Waals surface area contributed by atoms with Gasteiger partial charge in [0.25, 0.3) is 5.24 Å². The number of thioether (sulfide) groups is 1. The first-order chi connectivity index (χ1) is 14.5. The number of aliphatic hydroxyl groups excluding tert-OH is 1. The van der Waals surface area contributed by atoms with Crippen molar-refractivity contribution in [1.29, 1.82) is 0 Å². The summed E-state index contributed by atoms with van der Waals surface area (Å²) in [5, 5.41) is 12.2. The van der Waals surface area contributed by atoms with Gasteiger partial charge in [-0.1, -0.05) is 54.2 Å². The zero-order valence-corrected chi connectivity index (χ0v) is 17.3. The SMILES string of the molecule is Cc1oc(-c2ccccc2)nc1CC[C@H](O)c1ccc(CC2SC(=O)NC2=O)cc1. The lowest BCUT2D eigenvalue weighted by Gasteiger charge is -2.12. The number of amides is 2. The van der Waals surface area contributed by atoms with E-state index in [1.54, 1.807) is 0 Å². The van der Waals surface area contributed by atoms with Gasteiger partial charge in [-0.15, -0.1) is 0 Å². The maximum atomic E-state index is 11.7. The molecule has 154 valence electrons. The third kappa shape index (κ3) is 4.63. The second-order valence-corrected chi connectivity index (χ2v) is 8.45. The quantitative estimate of drug-likeness (QED) is 0.593. The summed E-state index contributed by atoms with van der Waals surface area (Å²) < 4.78 is 5.78. The number of aliphatic hydroxyl groups is 1. The van der Waals surface area contributed by atoms with Crippen LogP contribution in [0.15, 0.2) is 59.0 Å². The molecule has 3 aromatic rings. The van der Waals surface area contributed by atoms with Crippen molar-refractivity contribution in [3.05, 3.63) is 77.2 Å². The molecule has 6 nitrogen and oxygen atoms in total. The van der Waals surface area contributed by atoms with Crippen molar-refractivity contribution >= 4 is 22.9 Å². The third-order valence-corrected chi connectivity index (χ3v) is 6.10. The van der Waals surface area contributed by atoms with Crippen molar-refractivity contribution in [3.63, 3.8) is 0 Å². The van der Waals surface area contributed by atoms with E-state index >= 15 is 0 Å². The normalized spacial score (nSPS) is 17.2. The lowest BCUT2D eigenvalue weighted by Crippen LogP contribution is -2.25. The molecule has 0 aliphatic carbocycles. The highest BCUT2D eigenvalue weighted by molar-refractivity contribution is 8.15. The Morgan fingerprint density at radius 2 is 1.87 bits per heavy atom. The number of aromatic nitrogens is 1. The van der Waals surface area contributed by atoms with Crippen molar-refractivity contribution in [2.75, 3.05) is 0 Å². The number of hydrogen-bond donors (Lipinski definition) is 2. The molecule has 2 N–H and O–H groups in total. The molecular formula is C23H22N2O4S. The van der Waals surface area contributed by atoms with Crippen molar-refractivity contribution in [1.82, 2.24) is 10.3 Å². The fraction of sp³-hybridized carbons (Fsp3) is 0.261. The Labute approximate surface area is 178 Å². The summed E-state index contributed by atoms with van der Waals surface area (Å²) in [6, 6.07) is 17.3. The zero-order chi connectivity index (χ0) is 21.1. The number of aryl methyl sites for hydroxylation is 2. The van der Waals surface area contributed by atoms with Gasteiger partial charge in [-0.3, -0.25) is 14.9 Å². The minimum Gasteiger partial charge on any atom is -0.441 e. The number of carbonyl (C=O) groups is 2. The Balaban J connectivity index is 1.35. The van der Waals surface area contributed by atoms with E-state index in [9.17, 15) is 14.7 Å². The largest absolute Gasteiger partial charge is 0.441 e. The van der Waals surface area contributed by atoms with Crippen LogP contribution in [0.3, 0.4) is 0 Å². The van der Waals surface area contributed by atoms with Crippen LogP contribution in [0.5, 0.6) is 0 Å². The first-order valence-corrected chi connectivity index (χ1v) is 10.7. The molecule has 1 saturated heterocycles. The van der Waals surface area contributed by atoms with Gasteiger partial charge in [-0.25, -0.2) is 4.98 Å². The van der Waals surface area contributed by atoms with E-state index in [4.69, 9.17) is 4.42 Å². The average Bonchev–Trinajstić information content (AvgIpc) is 3.28. The summed E-state index contributed by atoms with van der Waals surface area (Å²) in [6.45, 7) is 1.89. The smallest absolute Gasteiger partial charge is 0.286 e. The molecule has 2 atom stereocenters. The van der Waals surface area contributed by atoms with Crippen LogP contribution in [0, 0.1) is 6.92 Å². The van der Waals surface area contributed by atoms with Crippen molar-refractivity contribution in [2.24, 2.45) is 0 Å². The van der Waals surface area contributed by atoms with E-state index in [1.807, 2.05) is 61.5 Å². The molecule has 2 amide bonds. The van der Waals surface area contributed by atoms with E-state index in [2.05, 4.69) is 10.3 Å². The number of carbonyl (C=O) groups excluding carboxylic acids is 2. The Morgan fingerprint density at radius 1 is 1.13 bits per heavy atom. The van der Waals surface area contributed by atoms with Crippen LogP contribution >= 0.6 is 11.8 Å². The topological polar surface area (TPSA) is 92.4 Å². The molecule has 1 aliphatic rings. The Morgan fingerprint density at radius 3 is 2.53 bits per heavy atom. The number of rotatable bonds is 7. The van der Waals surface area contributed by atoms with Gasteiger partial charge in [-0.05, 0) is 49.4 Å². The van der Waals surface area contributed by atoms with Gasteiger partial charge in [0, 0.05) is 5.56 Å². The van der Waals surface area contributed by atoms with Crippen LogP contribution in [-0.2, 0) is 17.6 Å². The number of hydrogen-bond acceptors (Lipinski definition) is 6. The van der Waals surface area contributed by atoms with Crippen LogP contribution in [0.4, 0.5) is 4.79 Å². The first-order valence-electron chi connectivity index (χ1n) is 9.79. The van der Waals surface area contributed by atoms with Gasteiger partial charge < -0.3 is 9.52 Å². The van der Waals surface area contributed by atoms with Crippen LogP contribution in [0.2, 0.25) is 0 Å². The molecule has 1 aromatic heterocycles. The molecule has 1 unspecified atom stereocenters. The first kappa shape index (κ1) is 20.4. The van der Waals surface area contributed by atoms with Gasteiger partial charge >= 0.3 is 0 Å². The monoisotopic (exact) mass is 422 g/mol. The molecule has 0 spiro atoms. The molecule has 2 aromatic carbocycles. The van der Waals surface area contributed by atoms with Gasteiger partial charge in [0.1, 0.15) is 5.76 Å². The zero-order valence-electron chi connectivity index (χ0n) is 16.5. The van der Waals surface area contributed by atoms with Crippen molar-refractivity contribution in [2.45, 2.75) is 37.5 Å². The van der Waals surface area contributed by atoms with E-state index in [0.717, 1.165) is 39.9 Å². The minimum atomic E-state index is -0.624. The van der Waals surface area contributed by atoms with Crippen LogP contribution in [0.25, 0.3) is 11.5 Å². The summed E-state index contributed by atoms with van der Waals surface area (Å²) in [4.78, 5) is 27.6. The molecule has 2 heterocycles. The fourth-order valence-electron chi connectivity index (χ4n) is 3.42. The lowest BCUT2D eigenvalue weighted by atomic mass is 10.0. The summed E-state index contributed by atoms with van der Waals surface area (Å²) in [5.74, 6) is 1.11. The summed E-state index contributed by atoms with van der Waals surface area (Å²) >= 11 is 1.02. The second-order valence-electron chi connectivity index (χ2n) is 7.27. The highest BCUT2D eigenvalue weighted by atomic mass is 32.2. The molecule has 0 saturated carbocycles. The molecule has 0 bridgehead atoms. The summed E-state index contributed by atoms with van der Waals surface area (Å²) in [5.41, 5.74) is 3.54. The van der Waals surface area contributed by atoms with Gasteiger partial charge in [0.05, 0.1) is 17.0 Å². The molecule has 0 radical (unpaired) electrons. The predicted molar refractivity (Wildman–Crippen MR) is 115 cm³/mol. The number of benzene rings is 2. The van der Waals surface area contributed by atoms with Gasteiger partial charge in [-0.2, -0.15) is 0 Å². The standard InChI is InChI=1S/C23H22N2O4S/c1-14-18(24-22(29-14)17-5-3-2-4-6-17)11-12-19(26)16-9-7-15(8-10-16)13-20-21(27)25-23(28)30-20/h2-10,19-20,26H,11-13H2,1H3,(H,25,27,28)/t19-,20?/m0/s1. The number of nitrogens with zero attached hydrogens (tertiary/aromatic N) is 1. The Hall–Kier alpha value is -2.90. The summed E-state index contributed by atoms with van der Waals surface area (Å²) in [7, 11) is 0. The van der Waals surface area contributed by atoms with E-state index in [-0.39, 0.29) is 16.4 Å². The molecule has 1 fully saturated rings. The Bertz CT molecular complexity index is 1050. The second kappa shape index (κ2) is 8.85. The third-order valence-electron chi connectivity index (χ3n) is 5.12. The maximum absolute atomic E-state index is 11.7. The van der Waals surface area contributed by atoms with Gasteiger partial charge in [0.15, 0.2) is 0 Å². The van der Waals surface area contributed by atoms with Gasteiger partial charge in [0.2, 0.25) is 11.8 Å². The van der Waals surface area contributed by atoms with E-state index in [1.165, 1.54) is 0 Å². The lowest BCUT2D eigenvalue weighted by molar-refractivity contribution is -0.118. The van der Waals surface area contributed by atoms with Crippen molar-refractivity contribution < 1.29 is 19.1 Å². The van der Waals surface area contributed by atoms with E-state index < -0.39 is 6.10 Å². The minimum absolute atomic E-state index is 0.244. The highest BCUT2D eigenvalue weighted by Gasteiger charge is 2.31. The number of oxazole rings is 1. The van der Waals surface area contributed by atoms with Crippen LogP contribution < -0.4 is 5.32 Å². The Kier molecular flexibility index (Phi) is 6.01. The van der Waals surface area contributed by atoms with Crippen LogP contribution in [-0.4, -0.2) is 26.5 Å². The number of imide groups is 1. The molecule has 1 aliphatic heterocycles. The van der Waals surface area contributed by atoms with Crippen molar-refractivity contribution in [3.8, 4) is 11.5 Å².